The first-order valence-electron chi connectivity index (χ1n) is 10.1. The number of anilines is 1. The second-order valence-electron chi connectivity index (χ2n) is 8.05. The number of likely N-dealkylation sites (tertiary alicyclic amines) is 1. The maximum atomic E-state index is 9.96. The van der Waals surface area contributed by atoms with Gasteiger partial charge in [0.2, 0.25) is 0 Å². The van der Waals surface area contributed by atoms with Gasteiger partial charge in [-0.3, -0.25) is 0 Å². The molecule has 0 radical (unpaired) electrons. The van der Waals surface area contributed by atoms with Gasteiger partial charge in [-0.05, 0) is 49.9 Å². The molecule has 4 rings (SSSR count). The van der Waals surface area contributed by atoms with Gasteiger partial charge in [0, 0.05) is 38.4 Å². The van der Waals surface area contributed by atoms with Crippen molar-refractivity contribution in [2.75, 3.05) is 37.6 Å². The fourth-order valence-corrected chi connectivity index (χ4v) is 4.52. The van der Waals surface area contributed by atoms with E-state index < -0.39 is 0 Å². The lowest BCUT2D eigenvalue weighted by atomic mass is 9.88. The molecule has 0 aromatic heterocycles. The molecule has 27 heavy (non-hydrogen) atoms. The highest BCUT2D eigenvalue weighted by atomic mass is 16.5. The largest absolute Gasteiger partial charge is 0.508 e. The van der Waals surface area contributed by atoms with Crippen LogP contribution in [0.25, 0.3) is 0 Å². The molecule has 4 heteroatoms. The number of phenolic OH excluding ortho intramolecular Hbond substituents is 1. The van der Waals surface area contributed by atoms with Crippen molar-refractivity contribution in [2.45, 2.75) is 37.9 Å². The summed E-state index contributed by atoms with van der Waals surface area (Å²) >= 11 is 0. The zero-order valence-corrected chi connectivity index (χ0v) is 16.2. The van der Waals surface area contributed by atoms with Crippen LogP contribution in [0.1, 0.15) is 25.3 Å². The molecule has 4 nitrogen and oxygen atoms in total. The number of ether oxygens (including phenoxy) is 1. The molecule has 0 bridgehead atoms. The molecule has 1 unspecified atom stereocenters. The zero-order valence-electron chi connectivity index (χ0n) is 16.2. The van der Waals surface area contributed by atoms with Crippen molar-refractivity contribution in [3.8, 4) is 5.75 Å². The molecule has 0 aliphatic carbocycles. The van der Waals surface area contributed by atoms with E-state index in [-0.39, 0.29) is 11.7 Å². The number of phenols is 1. The molecule has 1 N–H and O–H groups in total. The van der Waals surface area contributed by atoms with E-state index in [4.69, 9.17) is 4.74 Å². The van der Waals surface area contributed by atoms with E-state index in [2.05, 4.69) is 47.1 Å². The lowest BCUT2D eigenvalue weighted by Gasteiger charge is -2.50. The van der Waals surface area contributed by atoms with Crippen molar-refractivity contribution in [1.29, 1.82) is 0 Å². The highest BCUT2D eigenvalue weighted by molar-refractivity contribution is 5.47. The minimum absolute atomic E-state index is 0.0289. The number of benzene rings is 2. The van der Waals surface area contributed by atoms with Crippen molar-refractivity contribution in [3.63, 3.8) is 0 Å². The number of rotatable bonds is 4. The minimum Gasteiger partial charge on any atom is -0.508 e. The average molecular weight is 367 g/mol. The lowest BCUT2D eigenvalue weighted by Crippen LogP contribution is -2.59. The first-order chi connectivity index (χ1) is 13.1. The number of aromatic hydroxyl groups is 1. The fraction of sp³-hybridized carbons (Fsp3) is 0.478. The molecule has 0 saturated carbocycles. The molecule has 2 aliphatic heterocycles. The summed E-state index contributed by atoms with van der Waals surface area (Å²) < 4.78 is 6.49. The highest BCUT2D eigenvalue weighted by Gasteiger charge is 2.41. The van der Waals surface area contributed by atoms with Crippen LogP contribution in [0.3, 0.4) is 0 Å². The van der Waals surface area contributed by atoms with E-state index in [1.165, 1.54) is 5.69 Å². The van der Waals surface area contributed by atoms with Gasteiger partial charge in [0.1, 0.15) is 5.75 Å². The summed E-state index contributed by atoms with van der Waals surface area (Å²) in [5.41, 5.74) is 2.31. The molecule has 2 saturated heterocycles. The topological polar surface area (TPSA) is 35.9 Å². The van der Waals surface area contributed by atoms with Gasteiger partial charge in [-0.2, -0.15) is 0 Å². The molecule has 2 aliphatic rings. The zero-order chi connectivity index (χ0) is 18.7. The van der Waals surface area contributed by atoms with Crippen LogP contribution in [0.15, 0.2) is 54.6 Å². The monoisotopic (exact) mass is 366 g/mol. The number of hydrogen-bond acceptors (Lipinski definition) is 4. The molecule has 144 valence electrons. The Kier molecular flexibility index (Phi) is 5.37. The van der Waals surface area contributed by atoms with Gasteiger partial charge in [-0.15, -0.1) is 0 Å². The number of piperidine rings is 1. The van der Waals surface area contributed by atoms with Crippen molar-refractivity contribution >= 4 is 5.69 Å². The van der Waals surface area contributed by atoms with E-state index in [0.717, 1.165) is 57.5 Å². The van der Waals surface area contributed by atoms with Crippen LogP contribution in [0.5, 0.6) is 5.75 Å². The van der Waals surface area contributed by atoms with Crippen molar-refractivity contribution in [1.82, 2.24) is 4.90 Å². The summed E-state index contributed by atoms with van der Waals surface area (Å²) in [6, 6.07) is 18.4. The molecule has 2 aromatic carbocycles. The van der Waals surface area contributed by atoms with Crippen molar-refractivity contribution in [2.24, 2.45) is 0 Å². The summed E-state index contributed by atoms with van der Waals surface area (Å²) in [5.74, 6) is 0.411. The van der Waals surface area contributed by atoms with Gasteiger partial charge in [-0.25, -0.2) is 0 Å². The van der Waals surface area contributed by atoms with Gasteiger partial charge in [0.25, 0.3) is 0 Å². The standard InChI is InChI=1S/C23H30N2O2/c1-19-17-25(21-8-3-2-4-9-21)18-23(27-19)12-15-24(16-13-23)14-11-20-7-5-6-10-22(20)26/h2-10,19,26H,11-18H2,1H3. The van der Waals surface area contributed by atoms with Gasteiger partial charge in [0.05, 0.1) is 11.7 Å². The summed E-state index contributed by atoms with van der Waals surface area (Å²) in [7, 11) is 0. The fourth-order valence-electron chi connectivity index (χ4n) is 4.52. The second kappa shape index (κ2) is 7.91. The van der Waals surface area contributed by atoms with E-state index in [9.17, 15) is 5.11 Å². The summed E-state index contributed by atoms with van der Waals surface area (Å²) in [6.45, 7) is 7.25. The minimum atomic E-state index is -0.0289. The Bertz CT molecular complexity index is 741. The van der Waals surface area contributed by atoms with Crippen molar-refractivity contribution in [3.05, 3.63) is 60.2 Å². The second-order valence-corrected chi connectivity index (χ2v) is 8.05. The Morgan fingerprint density at radius 3 is 2.48 bits per heavy atom. The van der Waals surface area contributed by atoms with Crippen LogP contribution in [0.2, 0.25) is 0 Å². The highest BCUT2D eigenvalue weighted by Crippen LogP contribution is 2.34. The maximum absolute atomic E-state index is 9.96. The van der Waals surface area contributed by atoms with Crippen molar-refractivity contribution < 1.29 is 9.84 Å². The molecule has 1 atom stereocenters. The Morgan fingerprint density at radius 1 is 1.04 bits per heavy atom. The first kappa shape index (κ1) is 18.3. The Morgan fingerprint density at radius 2 is 1.74 bits per heavy atom. The van der Waals surface area contributed by atoms with Gasteiger partial charge in [-0.1, -0.05) is 36.4 Å². The Hall–Kier alpha value is -2.04. The number of para-hydroxylation sites is 2. The van der Waals surface area contributed by atoms with E-state index in [0.29, 0.717) is 5.75 Å². The van der Waals surface area contributed by atoms with Gasteiger partial charge >= 0.3 is 0 Å². The van der Waals surface area contributed by atoms with Crippen LogP contribution in [0.4, 0.5) is 5.69 Å². The van der Waals surface area contributed by atoms with Crippen LogP contribution in [-0.2, 0) is 11.2 Å². The third-order valence-electron chi connectivity index (χ3n) is 5.99. The third kappa shape index (κ3) is 4.28. The average Bonchev–Trinajstić information content (AvgIpc) is 2.69. The van der Waals surface area contributed by atoms with Gasteiger partial charge < -0.3 is 19.6 Å². The van der Waals surface area contributed by atoms with Crippen LogP contribution < -0.4 is 4.90 Å². The third-order valence-corrected chi connectivity index (χ3v) is 5.99. The quantitative estimate of drug-likeness (QED) is 0.895. The number of hydrogen-bond donors (Lipinski definition) is 1. The molecule has 2 heterocycles. The molecular formula is C23H30N2O2. The summed E-state index contributed by atoms with van der Waals surface area (Å²) in [5, 5.41) is 9.96. The smallest absolute Gasteiger partial charge is 0.118 e. The summed E-state index contributed by atoms with van der Waals surface area (Å²) in [4.78, 5) is 5.00. The predicted octanol–water partition coefficient (Wildman–Crippen LogP) is 3.69. The van der Waals surface area contributed by atoms with E-state index in [1.54, 1.807) is 6.07 Å². The molecule has 2 fully saturated rings. The van der Waals surface area contributed by atoms with Gasteiger partial charge in [0.15, 0.2) is 0 Å². The molecule has 2 aromatic rings. The Balaban J connectivity index is 1.35. The normalized spacial score (nSPS) is 22.9. The predicted molar refractivity (Wildman–Crippen MR) is 109 cm³/mol. The maximum Gasteiger partial charge on any atom is 0.118 e. The van der Waals surface area contributed by atoms with Crippen LogP contribution in [0, 0.1) is 0 Å². The van der Waals surface area contributed by atoms with Crippen LogP contribution >= 0.6 is 0 Å². The Labute approximate surface area is 162 Å². The molecule has 0 amide bonds. The molecule has 1 spiro atoms. The molecular weight excluding hydrogens is 336 g/mol. The van der Waals surface area contributed by atoms with E-state index in [1.807, 2.05) is 18.2 Å². The van der Waals surface area contributed by atoms with Crippen LogP contribution in [-0.4, -0.2) is 54.4 Å². The number of morpholine rings is 1. The first-order valence-corrected chi connectivity index (χ1v) is 10.1. The SMILES string of the molecule is CC1CN(c2ccccc2)CC2(CCN(CCc3ccccc3O)CC2)O1. The van der Waals surface area contributed by atoms with E-state index >= 15 is 0 Å². The lowest BCUT2D eigenvalue weighted by molar-refractivity contribution is -0.126. The summed E-state index contributed by atoms with van der Waals surface area (Å²) in [6.07, 6.45) is 3.29. The number of nitrogens with zero attached hydrogens (tertiary/aromatic N) is 2.